The van der Waals surface area contributed by atoms with Crippen molar-refractivity contribution in [1.29, 1.82) is 0 Å². The summed E-state index contributed by atoms with van der Waals surface area (Å²) in [5, 5.41) is 3.14. The van der Waals surface area contributed by atoms with E-state index in [2.05, 4.69) is 25.2 Å². The number of nitrogens with one attached hydrogen (secondary N) is 1. The smallest absolute Gasteiger partial charge is 0.219 e. The molecule has 1 aromatic carbocycles. The van der Waals surface area contributed by atoms with Crippen molar-refractivity contribution in [1.82, 2.24) is 5.32 Å². The fraction of sp³-hybridized carbons (Fsp3) is 0.500. The first-order chi connectivity index (χ1) is 10.5. The molecule has 22 heavy (non-hydrogen) atoms. The second kappa shape index (κ2) is 6.86. The van der Waals surface area contributed by atoms with Crippen LogP contribution in [-0.4, -0.2) is 26.2 Å². The monoisotopic (exact) mass is 303 g/mol. The maximum Gasteiger partial charge on any atom is 0.219 e. The molecule has 0 bridgehead atoms. The van der Waals surface area contributed by atoms with Gasteiger partial charge in [-0.15, -0.1) is 0 Å². The molecule has 2 rings (SSSR count). The Morgan fingerprint density at radius 1 is 1.27 bits per heavy atom. The molecule has 1 aliphatic carbocycles. The van der Waals surface area contributed by atoms with Crippen molar-refractivity contribution in [3.63, 3.8) is 0 Å². The summed E-state index contributed by atoms with van der Waals surface area (Å²) in [7, 11) is 3.29. The van der Waals surface area contributed by atoms with Crippen molar-refractivity contribution < 1.29 is 14.3 Å². The van der Waals surface area contributed by atoms with Crippen LogP contribution in [0.2, 0.25) is 0 Å². The van der Waals surface area contributed by atoms with Crippen LogP contribution in [0.25, 0.3) is 0 Å². The van der Waals surface area contributed by atoms with Crippen molar-refractivity contribution in [2.24, 2.45) is 0 Å². The van der Waals surface area contributed by atoms with Crippen LogP contribution in [0.15, 0.2) is 23.8 Å². The van der Waals surface area contributed by atoms with E-state index in [4.69, 9.17) is 9.47 Å². The Labute approximate surface area is 132 Å². The molecule has 4 heteroatoms. The van der Waals surface area contributed by atoms with Crippen molar-refractivity contribution in [3.05, 3.63) is 34.9 Å². The number of ether oxygens (including phenoxy) is 2. The summed E-state index contributed by atoms with van der Waals surface area (Å²) in [5.74, 6) is 1.73. The lowest BCUT2D eigenvalue weighted by molar-refractivity contribution is -0.121. The lowest BCUT2D eigenvalue weighted by atomic mass is 9.95. The van der Waals surface area contributed by atoms with Gasteiger partial charge in [-0.3, -0.25) is 4.79 Å². The average molecular weight is 303 g/mol. The quantitative estimate of drug-likeness (QED) is 0.850. The minimum absolute atomic E-state index is 0.0869. The zero-order chi connectivity index (χ0) is 16.3. The SMILES string of the molecule is CCC(=O)N[C@H]1Cc2cc(OC)c(OC)cc2[C@@H]1C=C(C)C. The van der Waals surface area contributed by atoms with E-state index >= 15 is 0 Å². The predicted octanol–water partition coefficient (Wildman–Crippen LogP) is 3.20. The van der Waals surface area contributed by atoms with Crippen LogP contribution in [0, 0.1) is 0 Å². The summed E-state index contributed by atoms with van der Waals surface area (Å²) in [6, 6.07) is 4.16. The van der Waals surface area contributed by atoms with Crippen molar-refractivity contribution in [3.8, 4) is 11.5 Å². The fourth-order valence-corrected chi connectivity index (χ4v) is 3.02. The number of allylic oxidation sites excluding steroid dienone is 1. The number of carbonyl (C=O) groups is 1. The van der Waals surface area contributed by atoms with Gasteiger partial charge in [-0.05, 0) is 43.5 Å². The molecule has 2 atom stereocenters. The summed E-state index contributed by atoms with van der Waals surface area (Å²) < 4.78 is 10.8. The lowest BCUT2D eigenvalue weighted by Gasteiger charge is -2.19. The molecule has 1 aromatic rings. The number of hydrogen-bond donors (Lipinski definition) is 1. The molecule has 4 nitrogen and oxygen atoms in total. The van der Waals surface area contributed by atoms with Gasteiger partial charge in [-0.1, -0.05) is 18.6 Å². The molecule has 0 spiro atoms. The molecule has 0 saturated heterocycles. The summed E-state index contributed by atoms with van der Waals surface area (Å²) in [4.78, 5) is 11.8. The van der Waals surface area contributed by atoms with Gasteiger partial charge in [0.05, 0.1) is 14.2 Å². The molecule has 1 N–H and O–H groups in total. The molecule has 0 aromatic heterocycles. The molecule has 0 saturated carbocycles. The second-order valence-corrected chi connectivity index (χ2v) is 5.91. The molecule has 0 unspecified atom stereocenters. The minimum Gasteiger partial charge on any atom is -0.493 e. The van der Waals surface area contributed by atoms with Crippen LogP contribution in [-0.2, 0) is 11.2 Å². The van der Waals surface area contributed by atoms with Crippen molar-refractivity contribution >= 4 is 5.91 Å². The van der Waals surface area contributed by atoms with Crippen LogP contribution in [0.3, 0.4) is 0 Å². The number of methoxy groups -OCH3 is 2. The molecule has 0 fully saturated rings. The molecule has 1 amide bonds. The standard InChI is InChI=1S/C18H25NO3/c1-6-18(20)19-15-8-12-9-16(21-4)17(22-5)10-13(12)14(15)7-11(2)3/h7,9-10,14-15H,6,8H2,1-5H3,(H,19,20)/t14-,15-/m0/s1. The first kappa shape index (κ1) is 16.4. The highest BCUT2D eigenvalue weighted by molar-refractivity contribution is 5.76. The molecule has 0 aliphatic heterocycles. The Kier molecular flexibility index (Phi) is 5.11. The number of benzene rings is 1. The molecular formula is C18H25NO3. The number of rotatable bonds is 5. The van der Waals surface area contributed by atoms with Gasteiger partial charge in [0.1, 0.15) is 0 Å². The van der Waals surface area contributed by atoms with Crippen molar-refractivity contribution in [2.45, 2.75) is 45.6 Å². The van der Waals surface area contributed by atoms with Crippen LogP contribution in [0.5, 0.6) is 11.5 Å². The van der Waals surface area contributed by atoms with Gasteiger partial charge in [-0.2, -0.15) is 0 Å². The number of fused-ring (bicyclic) bond motifs is 1. The van der Waals surface area contributed by atoms with E-state index in [1.54, 1.807) is 14.2 Å². The summed E-state index contributed by atoms with van der Waals surface area (Å²) in [6.45, 7) is 6.04. The zero-order valence-corrected chi connectivity index (χ0v) is 14.0. The highest BCUT2D eigenvalue weighted by Gasteiger charge is 2.33. The third-order valence-electron chi connectivity index (χ3n) is 4.06. The predicted molar refractivity (Wildman–Crippen MR) is 87.6 cm³/mol. The third kappa shape index (κ3) is 3.26. The fourth-order valence-electron chi connectivity index (χ4n) is 3.02. The van der Waals surface area contributed by atoms with Gasteiger partial charge in [0.25, 0.3) is 0 Å². The van der Waals surface area contributed by atoms with Gasteiger partial charge in [0.2, 0.25) is 5.91 Å². The van der Waals surface area contributed by atoms with Gasteiger partial charge in [0.15, 0.2) is 11.5 Å². The molecule has 0 radical (unpaired) electrons. The van der Waals surface area contributed by atoms with E-state index in [9.17, 15) is 4.79 Å². The van der Waals surface area contributed by atoms with Crippen LogP contribution in [0.1, 0.15) is 44.2 Å². The highest BCUT2D eigenvalue weighted by atomic mass is 16.5. The maximum absolute atomic E-state index is 11.8. The van der Waals surface area contributed by atoms with E-state index in [-0.39, 0.29) is 17.9 Å². The average Bonchev–Trinajstić information content (AvgIpc) is 2.81. The maximum atomic E-state index is 11.8. The second-order valence-electron chi connectivity index (χ2n) is 5.91. The number of hydrogen-bond acceptors (Lipinski definition) is 3. The van der Waals surface area contributed by atoms with Crippen LogP contribution in [0.4, 0.5) is 0 Å². The molecular weight excluding hydrogens is 278 g/mol. The van der Waals surface area contributed by atoms with E-state index in [0.29, 0.717) is 6.42 Å². The van der Waals surface area contributed by atoms with E-state index in [0.717, 1.165) is 17.9 Å². The van der Waals surface area contributed by atoms with E-state index in [1.165, 1.54) is 16.7 Å². The molecule has 1 aliphatic rings. The number of amides is 1. The van der Waals surface area contributed by atoms with E-state index < -0.39 is 0 Å². The zero-order valence-electron chi connectivity index (χ0n) is 14.0. The van der Waals surface area contributed by atoms with Gasteiger partial charge < -0.3 is 14.8 Å². The Morgan fingerprint density at radius 3 is 2.45 bits per heavy atom. The highest BCUT2D eigenvalue weighted by Crippen LogP contribution is 2.41. The Morgan fingerprint density at radius 2 is 1.91 bits per heavy atom. The molecule has 0 heterocycles. The molecule has 120 valence electrons. The Bertz CT molecular complexity index is 588. The van der Waals surface area contributed by atoms with Gasteiger partial charge in [0, 0.05) is 18.4 Å². The van der Waals surface area contributed by atoms with E-state index in [1.807, 2.05) is 19.1 Å². The van der Waals surface area contributed by atoms with Gasteiger partial charge >= 0.3 is 0 Å². The third-order valence-corrected chi connectivity index (χ3v) is 4.06. The first-order valence-corrected chi connectivity index (χ1v) is 7.69. The Balaban J connectivity index is 2.42. The van der Waals surface area contributed by atoms with Crippen molar-refractivity contribution in [2.75, 3.05) is 14.2 Å². The normalized spacial score (nSPS) is 19.3. The largest absolute Gasteiger partial charge is 0.493 e. The first-order valence-electron chi connectivity index (χ1n) is 7.69. The summed E-state index contributed by atoms with van der Waals surface area (Å²) >= 11 is 0. The number of carbonyl (C=O) groups excluding carboxylic acids is 1. The minimum atomic E-state index is 0.0869. The van der Waals surface area contributed by atoms with Crippen LogP contribution < -0.4 is 14.8 Å². The summed E-state index contributed by atoms with van der Waals surface area (Å²) in [5.41, 5.74) is 3.66. The summed E-state index contributed by atoms with van der Waals surface area (Å²) in [6.07, 6.45) is 3.54. The topological polar surface area (TPSA) is 47.6 Å². The lowest BCUT2D eigenvalue weighted by Crippen LogP contribution is -2.36. The van der Waals surface area contributed by atoms with Crippen LogP contribution >= 0.6 is 0 Å². The van der Waals surface area contributed by atoms with Gasteiger partial charge in [-0.25, -0.2) is 0 Å². The Hall–Kier alpha value is -1.97.